The molecule has 0 aliphatic rings. The molecule has 7 heteroatoms. The third kappa shape index (κ3) is 6.38. The summed E-state index contributed by atoms with van der Waals surface area (Å²) in [5, 5.41) is 8.59. The fourth-order valence-electron chi connectivity index (χ4n) is 3.91. The molecular formula is C26H29FN6. The quantitative estimate of drug-likeness (QED) is 0.319. The highest BCUT2D eigenvalue weighted by Gasteiger charge is 2.11. The van der Waals surface area contributed by atoms with Gasteiger partial charge in [0.05, 0.1) is 17.9 Å². The Hall–Kier alpha value is -3.74. The Bertz CT molecular complexity index is 1190. The van der Waals surface area contributed by atoms with Crippen LogP contribution < -0.4 is 5.73 Å². The van der Waals surface area contributed by atoms with Crippen LogP contribution >= 0.6 is 0 Å². The number of aromatic amines is 1. The van der Waals surface area contributed by atoms with E-state index < -0.39 is 0 Å². The van der Waals surface area contributed by atoms with Crippen molar-refractivity contribution in [3.63, 3.8) is 0 Å². The minimum atomic E-state index is -0.261. The van der Waals surface area contributed by atoms with Gasteiger partial charge in [-0.05, 0) is 62.4 Å². The largest absolute Gasteiger partial charge is 0.369 e. The molecule has 0 unspecified atom stereocenters. The summed E-state index contributed by atoms with van der Waals surface area (Å²) in [4.78, 5) is 7.53. The third-order valence-electron chi connectivity index (χ3n) is 5.48. The summed E-state index contributed by atoms with van der Waals surface area (Å²) < 4.78 is 15.1. The minimum Gasteiger partial charge on any atom is -0.369 e. The Morgan fingerprint density at radius 3 is 2.58 bits per heavy atom. The molecule has 0 spiro atoms. The number of hydrogen-bond donors (Lipinski definition) is 2. The van der Waals surface area contributed by atoms with Gasteiger partial charge in [-0.15, -0.1) is 5.10 Å². The van der Waals surface area contributed by atoms with Crippen molar-refractivity contribution >= 4 is 12.0 Å². The average molecular weight is 445 g/mol. The number of nitrogens with two attached hydrogens (primary N) is 1. The van der Waals surface area contributed by atoms with E-state index in [0.29, 0.717) is 5.95 Å². The first-order chi connectivity index (χ1) is 16.1. The number of rotatable bonds is 10. The molecule has 170 valence electrons. The highest BCUT2D eigenvalue weighted by atomic mass is 19.1. The molecule has 2 aromatic carbocycles. The van der Waals surface area contributed by atoms with Gasteiger partial charge in [-0.2, -0.15) is 0 Å². The predicted molar refractivity (Wildman–Crippen MR) is 130 cm³/mol. The van der Waals surface area contributed by atoms with E-state index in [1.807, 2.05) is 29.1 Å². The lowest BCUT2D eigenvalue weighted by molar-refractivity contribution is 0.628. The molecule has 0 aliphatic carbocycles. The maximum atomic E-state index is 13.2. The molecule has 6 nitrogen and oxygen atoms in total. The Labute approximate surface area is 193 Å². The van der Waals surface area contributed by atoms with Crippen molar-refractivity contribution < 1.29 is 4.39 Å². The van der Waals surface area contributed by atoms with Gasteiger partial charge in [0.25, 0.3) is 0 Å². The van der Waals surface area contributed by atoms with Crippen LogP contribution in [-0.2, 0) is 19.4 Å². The number of nitrogens with one attached hydrogen (secondary N) is 1. The van der Waals surface area contributed by atoms with Crippen LogP contribution in [0, 0.1) is 5.82 Å². The number of nitrogen functional groups attached to an aromatic ring is 1. The minimum absolute atomic E-state index is 0.261. The van der Waals surface area contributed by atoms with Crippen LogP contribution in [0.4, 0.5) is 10.3 Å². The monoisotopic (exact) mass is 444 g/mol. The summed E-state index contributed by atoms with van der Waals surface area (Å²) in [7, 11) is 0. The first-order valence-corrected chi connectivity index (χ1v) is 11.3. The fraction of sp³-hybridized carbons (Fsp3) is 0.269. The highest BCUT2D eigenvalue weighted by Crippen LogP contribution is 2.24. The fourth-order valence-corrected chi connectivity index (χ4v) is 3.91. The van der Waals surface area contributed by atoms with Crippen LogP contribution in [-0.4, -0.2) is 25.0 Å². The number of aromatic nitrogens is 5. The van der Waals surface area contributed by atoms with Crippen molar-refractivity contribution in [3.05, 3.63) is 89.1 Å². The van der Waals surface area contributed by atoms with Crippen molar-refractivity contribution in [1.29, 1.82) is 0 Å². The summed E-state index contributed by atoms with van der Waals surface area (Å²) >= 11 is 0. The average Bonchev–Trinajstić information content (AvgIpc) is 3.40. The van der Waals surface area contributed by atoms with Crippen molar-refractivity contribution in [3.8, 4) is 11.3 Å². The maximum Gasteiger partial charge on any atom is 0.198 e. The lowest BCUT2D eigenvalue weighted by Crippen LogP contribution is -1.99. The summed E-state index contributed by atoms with van der Waals surface area (Å²) in [6, 6.07) is 16.6. The maximum absolute atomic E-state index is 13.2. The standard InChI is InChI=1S/C26H29FN6/c1-19(16-20-8-4-2-5-9-20)17-33-18-23(31-32-33)10-6-3-7-11-24-25(30-26(28)29-24)21-12-14-22(27)15-13-21/h2,4-5,8-9,12-16,18H,3,6-7,10-11,17H2,1H3,(H3,28,29,30)/b19-16-. The molecule has 2 heterocycles. The summed E-state index contributed by atoms with van der Waals surface area (Å²) in [6.07, 6.45) is 9.04. The van der Waals surface area contributed by atoms with Gasteiger partial charge < -0.3 is 10.7 Å². The molecule has 0 atom stereocenters. The second kappa shape index (κ2) is 10.7. The number of halogens is 1. The molecule has 0 amide bonds. The molecular weight excluding hydrogens is 415 g/mol. The molecule has 2 aromatic heterocycles. The van der Waals surface area contributed by atoms with Gasteiger partial charge in [-0.1, -0.05) is 53.6 Å². The van der Waals surface area contributed by atoms with Gasteiger partial charge in [-0.25, -0.2) is 14.1 Å². The van der Waals surface area contributed by atoms with Gasteiger partial charge >= 0.3 is 0 Å². The number of anilines is 1. The summed E-state index contributed by atoms with van der Waals surface area (Å²) in [5.74, 6) is 0.126. The molecule has 3 N–H and O–H groups in total. The molecule has 0 aliphatic heterocycles. The van der Waals surface area contributed by atoms with Gasteiger partial charge in [-0.3, -0.25) is 0 Å². The van der Waals surface area contributed by atoms with Crippen LogP contribution in [0.25, 0.3) is 17.3 Å². The Morgan fingerprint density at radius 1 is 1.03 bits per heavy atom. The number of H-pyrrole nitrogens is 1. The van der Waals surface area contributed by atoms with Crippen LogP contribution in [0.2, 0.25) is 0 Å². The first-order valence-electron chi connectivity index (χ1n) is 11.3. The second-order valence-corrected chi connectivity index (χ2v) is 8.33. The Kier molecular flexibility index (Phi) is 7.29. The number of unbranched alkanes of at least 4 members (excludes halogenated alkanes) is 2. The SMILES string of the molecule is C/C(=C/c1ccccc1)Cn1cc(CCCCCc2[nH]c(N)nc2-c2ccc(F)cc2)nn1. The van der Waals surface area contributed by atoms with Crippen LogP contribution in [0.15, 0.2) is 66.4 Å². The van der Waals surface area contributed by atoms with E-state index in [1.54, 1.807) is 12.1 Å². The van der Waals surface area contributed by atoms with Gasteiger partial charge in [0, 0.05) is 17.5 Å². The van der Waals surface area contributed by atoms with E-state index in [9.17, 15) is 4.39 Å². The summed E-state index contributed by atoms with van der Waals surface area (Å²) in [5.41, 5.74) is 12.0. The smallest absolute Gasteiger partial charge is 0.198 e. The number of aryl methyl sites for hydroxylation is 2. The number of nitrogens with zero attached hydrogens (tertiary/aromatic N) is 4. The van der Waals surface area contributed by atoms with Crippen LogP contribution in [0.3, 0.4) is 0 Å². The second-order valence-electron chi connectivity index (χ2n) is 8.33. The predicted octanol–water partition coefficient (Wildman–Crippen LogP) is 5.45. The zero-order chi connectivity index (χ0) is 23.0. The van der Waals surface area contributed by atoms with E-state index in [1.165, 1.54) is 23.3 Å². The van der Waals surface area contributed by atoms with Crippen LogP contribution in [0.1, 0.15) is 43.1 Å². The molecule has 4 aromatic rings. The third-order valence-corrected chi connectivity index (χ3v) is 5.48. The van der Waals surface area contributed by atoms with E-state index in [0.717, 1.165) is 61.3 Å². The van der Waals surface area contributed by atoms with Crippen molar-refractivity contribution in [2.24, 2.45) is 0 Å². The zero-order valence-electron chi connectivity index (χ0n) is 18.8. The lowest BCUT2D eigenvalue weighted by Gasteiger charge is -2.03. The van der Waals surface area contributed by atoms with Crippen molar-refractivity contribution in [2.45, 2.75) is 45.6 Å². The van der Waals surface area contributed by atoms with E-state index in [2.05, 4.69) is 45.4 Å². The molecule has 0 saturated carbocycles. The first kappa shape index (κ1) is 22.5. The number of hydrogen-bond acceptors (Lipinski definition) is 4. The Morgan fingerprint density at radius 2 is 1.79 bits per heavy atom. The molecule has 0 fully saturated rings. The highest BCUT2D eigenvalue weighted by molar-refractivity contribution is 5.63. The topological polar surface area (TPSA) is 85.4 Å². The van der Waals surface area contributed by atoms with Crippen molar-refractivity contribution in [1.82, 2.24) is 25.0 Å². The van der Waals surface area contributed by atoms with Crippen LogP contribution in [0.5, 0.6) is 0 Å². The van der Waals surface area contributed by atoms with Gasteiger partial charge in [0.15, 0.2) is 5.95 Å². The molecule has 0 radical (unpaired) electrons. The number of benzene rings is 2. The number of allylic oxidation sites excluding steroid dienone is 1. The van der Waals surface area contributed by atoms with Crippen molar-refractivity contribution in [2.75, 3.05) is 5.73 Å². The van der Waals surface area contributed by atoms with Gasteiger partial charge in [0.1, 0.15) is 5.82 Å². The lowest BCUT2D eigenvalue weighted by atomic mass is 10.0. The molecule has 4 rings (SSSR count). The van der Waals surface area contributed by atoms with E-state index in [4.69, 9.17) is 5.73 Å². The molecule has 0 saturated heterocycles. The number of imidazole rings is 1. The normalized spacial score (nSPS) is 11.8. The zero-order valence-corrected chi connectivity index (χ0v) is 18.8. The van der Waals surface area contributed by atoms with E-state index >= 15 is 0 Å². The van der Waals surface area contributed by atoms with E-state index in [-0.39, 0.29) is 5.82 Å². The summed E-state index contributed by atoms with van der Waals surface area (Å²) in [6.45, 7) is 2.84. The van der Waals surface area contributed by atoms with Gasteiger partial charge in [0.2, 0.25) is 0 Å². The molecule has 0 bridgehead atoms. The molecule has 33 heavy (non-hydrogen) atoms. The Balaban J connectivity index is 1.23.